The van der Waals surface area contributed by atoms with Crippen LogP contribution in [0.25, 0.3) is 0 Å². The quantitative estimate of drug-likeness (QED) is 0.541. The van der Waals surface area contributed by atoms with Crippen molar-refractivity contribution in [1.29, 1.82) is 0 Å². The van der Waals surface area contributed by atoms with Crippen molar-refractivity contribution in [1.82, 2.24) is 0 Å². The molecule has 0 fully saturated rings. The van der Waals surface area contributed by atoms with E-state index in [0.717, 1.165) is 23.4 Å². The molecule has 1 aliphatic rings. The number of carbonyl (C=O) groups is 1. The second kappa shape index (κ2) is 7.98. The maximum absolute atomic E-state index is 13.8. The molecule has 3 nitrogen and oxygen atoms in total. The van der Waals surface area contributed by atoms with Gasteiger partial charge in [-0.3, -0.25) is 4.79 Å². The molecule has 154 valence electrons. The van der Waals surface area contributed by atoms with Crippen molar-refractivity contribution in [2.75, 3.05) is 10.2 Å². The molecule has 1 N–H and O–H groups in total. The Hall–Kier alpha value is -3.07. The normalized spacial score (nSPS) is 18.3. The number of amides is 1. The van der Waals surface area contributed by atoms with Gasteiger partial charge in [-0.2, -0.15) is 0 Å². The molecule has 0 bridgehead atoms. The van der Waals surface area contributed by atoms with Crippen LogP contribution in [0.2, 0.25) is 0 Å². The number of hydrogen-bond acceptors (Lipinski definition) is 2. The lowest BCUT2D eigenvalue weighted by Gasteiger charge is -2.39. The molecule has 3 aromatic rings. The zero-order chi connectivity index (χ0) is 21.3. The molecule has 0 radical (unpaired) electrons. The number of rotatable bonds is 3. The van der Waals surface area contributed by atoms with Crippen LogP contribution >= 0.6 is 0 Å². The lowest BCUT2D eigenvalue weighted by Crippen LogP contribution is -2.40. The van der Waals surface area contributed by atoms with Gasteiger partial charge < -0.3 is 10.2 Å². The number of fused-ring (bicyclic) bond motifs is 1. The number of para-hydroxylation sites is 2. The van der Waals surface area contributed by atoms with Crippen LogP contribution in [0.5, 0.6) is 0 Å². The van der Waals surface area contributed by atoms with Gasteiger partial charge >= 0.3 is 0 Å². The number of carbonyl (C=O) groups excluding carboxylic acids is 1. The smallest absolute Gasteiger partial charge is 0.258 e. The van der Waals surface area contributed by atoms with E-state index >= 15 is 0 Å². The molecule has 0 aromatic heterocycles. The Balaban J connectivity index is 1.78. The van der Waals surface area contributed by atoms with Gasteiger partial charge in [-0.15, -0.1) is 0 Å². The van der Waals surface area contributed by atoms with Crippen LogP contribution in [-0.4, -0.2) is 11.9 Å². The van der Waals surface area contributed by atoms with Gasteiger partial charge in [0.25, 0.3) is 5.91 Å². The Morgan fingerprint density at radius 3 is 2.20 bits per heavy atom. The summed E-state index contributed by atoms with van der Waals surface area (Å²) < 4.78 is 0. The zero-order valence-electron chi connectivity index (χ0n) is 18.2. The van der Waals surface area contributed by atoms with E-state index < -0.39 is 0 Å². The first kappa shape index (κ1) is 20.2. The fourth-order valence-corrected chi connectivity index (χ4v) is 4.23. The van der Waals surface area contributed by atoms with E-state index in [0.29, 0.717) is 0 Å². The molecule has 0 saturated carbocycles. The summed E-state index contributed by atoms with van der Waals surface area (Å²) in [4.78, 5) is 15.8. The predicted molar refractivity (Wildman–Crippen MR) is 125 cm³/mol. The van der Waals surface area contributed by atoms with Gasteiger partial charge in [0, 0.05) is 23.0 Å². The van der Waals surface area contributed by atoms with Gasteiger partial charge in [0.2, 0.25) is 0 Å². The Labute approximate surface area is 179 Å². The highest BCUT2D eigenvalue weighted by Gasteiger charge is 2.33. The Morgan fingerprint density at radius 1 is 0.900 bits per heavy atom. The minimum absolute atomic E-state index is 0.0188. The summed E-state index contributed by atoms with van der Waals surface area (Å²) in [6, 6.07) is 26.7. The van der Waals surface area contributed by atoms with Crippen LogP contribution in [0, 0.1) is 0 Å². The summed E-state index contributed by atoms with van der Waals surface area (Å²) in [6.45, 7) is 8.74. The topological polar surface area (TPSA) is 32.3 Å². The Morgan fingerprint density at radius 2 is 1.53 bits per heavy atom. The third-order valence-corrected chi connectivity index (χ3v) is 5.86. The van der Waals surface area contributed by atoms with Crippen LogP contribution in [0.1, 0.15) is 61.6 Å². The first-order valence-electron chi connectivity index (χ1n) is 10.7. The van der Waals surface area contributed by atoms with Crippen molar-refractivity contribution in [3.63, 3.8) is 0 Å². The molecule has 3 heteroatoms. The fraction of sp³-hybridized carbons (Fsp3) is 0.296. The standard InChI is InChI=1S/C27H30N2O/c1-19-18-25(23-12-8-9-13-24(23)28-19)29(22-10-6-5-7-11-22)26(30)20-14-16-21(17-15-20)27(2,3)4/h5-17,19,25,28H,18H2,1-4H3/t19-,25-/m0/s1. The summed E-state index contributed by atoms with van der Waals surface area (Å²) in [5, 5.41) is 3.56. The molecule has 30 heavy (non-hydrogen) atoms. The molecular formula is C27H30N2O. The molecule has 1 amide bonds. The summed E-state index contributed by atoms with van der Waals surface area (Å²) in [6.07, 6.45) is 0.859. The lowest BCUT2D eigenvalue weighted by molar-refractivity contribution is 0.0974. The first-order valence-corrected chi connectivity index (χ1v) is 10.7. The summed E-state index contributed by atoms with van der Waals surface area (Å²) in [7, 11) is 0. The lowest BCUT2D eigenvalue weighted by atomic mass is 9.86. The number of nitrogens with one attached hydrogen (secondary N) is 1. The first-order chi connectivity index (χ1) is 14.3. The minimum atomic E-state index is -0.0188. The van der Waals surface area contributed by atoms with Crippen LogP contribution < -0.4 is 10.2 Å². The van der Waals surface area contributed by atoms with Gasteiger partial charge in [0.1, 0.15) is 0 Å². The van der Waals surface area contributed by atoms with E-state index in [-0.39, 0.29) is 23.4 Å². The van der Waals surface area contributed by atoms with Crippen LogP contribution in [-0.2, 0) is 5.41 Å². The molecule has 1 heterocycles. The Kier molecular flexibility index (Phi) is 5.38. The molecule has 4 rings (SSSR count). The van der Waals surface area contributed by atoms with E-state index in [1.54, 1.807) is 0 Å². The van der Waals surface area contributed by atoms with E-state index in [9.17, 15) is 4.79 Å². The second-order valence-electron chi connectivity index (χ2n) is 9.22. The average Bonchev–Trinajstić information content (AvgIpc) is 2.74. The maximum atomic E-state index is 13.8. The molecule has 1 aliphatic heterocycles. The predicted octanol–water partition coefficient (Wildman–Crippen LogP) is 6.58. The van der Waals surface area contributed by atoms with Gasteiger partial charge in [-0.25, -0.2) is 0 Å². The highest BCUT2D eigenvalue weighted by atomic mass is 16.2. The maximum Gasteiger partial charge on any atom is 0.258 e. The molecule has 0 saturated heterocycles. The average molecular weight is 399 g/mol. The van der Waals surface area contributed by atoms with Gasteiger partial charge in [0.15, 0.2) is 0 Å². The van der Waals surface area contributed by atoms with E-state index in [2.05, 4.69) is 63.3 Å². The van der Waals surface area contributed by atoms with Gasteiger partial charge in [0.05, 0.1) is 6.04 Å². The third kappa shape index (κ3) is 3.97. The highest BCUT2D eigenvalue weighted by Crippen LogP contribution is 2.39. The van der Waals surface area contributed by atoms with Crippen molar-refractivity contribution in [3.05, 3.63) is 95.6 Å². The van der Waals surface area contributed by atoms with Gasteiger partial charge in [-0.1, -0.05) is 69.3 Å². The Bertz CT molecular complexity index is 1020. The van der Waals surface area contributed by atoms with Gasteiger partial charge in [-0.05, 0) is 60.2 Å². The number of anilines is 2. The summed E-state index contributed by atoms with van der Waals surface area (Å²) in [5.41, 5.74) is 5.21. The van der Waals surface area contributed by atoms with Crippen LogP contribution in [0.3, 0.4) is 0 Å². The van der Waals surface area contributed by atoms with Crippen molar-refractivity contribution < 1.29 is 4.79 Å². The molecule has 3 aromatic carbocycles. The molecule has 0 spiro atoms. The monoisotopic (exact) mass is 398 g/mol. The zero-order valence-corrected chi connectivity index (χ0v) is 18.2. The van der Waals surface area contributed by atoms with Crippen LogP contribution in [0.15, 0.2) is 78.9 Å². The van der Waals surface area contributed by atoms with Crippen molar-refractivity contribution >= 4 is 17.3 Å². The number of nitrogens with zero attached hydrogens (tertiary/aromatic N) is 1. The SMILES string of the molecule is C[C@H]1C[C@H](N(C(=O)c2ccc(C(C)(C)C)cc2)c2ccccc2)c2ccccc2N1. The third-order valence-electron chi connectivity index (χ3n) is 5.86. The number of hydrogen-bond donors (Lipinski definition) is 1. The van der Waals surface area contributed by atoms with Crippen molar-refractivity contribution in [2.24, 2.45) is 0 Å². The van der Waals surface area contributed by atoms with E-state index in [1.165, 1.54) is 11.1 Å². The largest absolute Gasteiger partial charge is 0.382 e. The molecule has 2 atom stereocenters. The minimum Gasteiger partial charge on any atom is -0.382 e. The molecular weight excluding hydrogens is 368 g/mol. The fourth-order valence-electron chi connectivity index (χ4n) is 4.23. The number of benzene rings is 3. The summed E-state index contributed by atoms with van der Waals surface area (Å²) in [5.74, 6) is 0.0376. The van der Waals surface area contributed by atoms with E-state index in [4.69, 9.17) is 0 Å². The van der Waals surface area contributed by atoms with Crippen LogP contribution in [0.4, 0.5) is 11.4 Å². The molecule has 0 aliphatic carbocycles. The molecule has 0 unspecified atom stereocenters. The second-order valence-corrected chi connectivity index (χ2v) is 9.22. The highest BCUT2D eigenvalue weighted by molar-refractivity contribution is 6.06. The van der Waals surface area contributed by atoms with Crippen molar-refractivity contribution in [2.45, 2.75) is 51.6 Å². The van der Waals surface area contributed by atoms with E-state index in [1.807, 2.05) is 53.4 Å². The van der Waals surface area contributed by atoms with Crippen molar-refractivity contribution in [3.8, 4) is 0 Å². The summed E-state index contributed by atoms with van der Waals surface area (Å²) >= 11 is 0.